The fraction of sp³-hybridized carbons (Fsp3) is 0.250. The van der Waals surface area contributed by atoms with Gasteiger partial charge in [-0.05, 0) is 24.6 Å². The highest BCUT2D eigenvalue weighted by molar-refractivity contribution is 5.91. The van der Waals surface area contributed by atoms with Crippen molar-refractivity contribution >= 4 is 22.6 Å². The number of nitrogens with one attached hydrogen (secondary N) is 1. The van der Waals surface area contributed by atoms with Crippen LogP contribution in [0.3, 0.4) is 0 Å². The molecule has 0 bridgehead atoms. The fourth-order valence-corrected chi connectivity index (χ4v) is 3.91. The summed E-state index contributed by atoms with van der Waals surface area (Å²) in [6.07, 6.45) is 1.61. The highest BCUT2D eigenvalue weighted by atomic mass is 16.6. The first-order valence-corrected chi connectivity index (χ1v) is 11.0. The van der Waals surface area contributed by atoms with E-state index in [0.29, 0.717) is 42.5 Å². The summed E-state index contributed by atoms with van der Waals surface area (Å²) in [6, 6.07) is 14.3. The number of ether oxygens (including phenoxy) is 2. The summed E-state index contributed by atoms with van der Waals surface area (Å²) in [5.41, 5.74) is 0.709. The number of fused-ring (bicyclic) bond motifs is 2. The van der Waals surface area contributed by atoms with Crippen LogP contribution in [0.5, 0.6) is 11.5 Å². The van der Waals surface area contributed by atoms with E-state index in [4.69, 9.17) is 9.47 Å². The monoisotopic (exact) mass is 461 g/mol. The molecule has 0 unspecified atom stereocenters. The minimum Gasteiger partial charge on any atom is -0.486 e. The zero-order valence-corrected chi connectivity index (χ0v) is 18.6. The fourth-order valence-electron chi connectivity index (χ4n) is 3.91. The number of carbonyl (C=O) groups excluding carboxylic acids is 1. The van der Waals surface area contributed by atoms with Gasteiger partial charge in [-0.3, -0.25) is 23.4 Å². The van der Waals surface area contributed by atoms with Gasteiger partial charge in [-0.15, -0.1) is 0 Å². The minimum atomic E-state index is -0.575. The lowest BCUT2D eigenvalue weighted by Gasteiger charge is -2.19. The molecule has 3 heterocycles. The van der Waals surface area contributed by atoms with Gasteiger partial charge in [-0.1, -0.05) is 30.3 Å². The molecule has 0 fully saturated rings. The Morgan fingerprint density at radius 1 is 1.03 bits per heavy atom. The van der Waals surface area contributed by atoms with Crippen molar-refractivity contribution in [3.8, 4) is 11.5 Å². The highest BCUT2D eigenvalue weighted by Crippen LogP contribution is 2.32. The number of anilines is 1. The maximum atomic E-state index is 13.4. The Hall–Kier alpha value is -4.34. The number of nitrogens with zero attached hydrogens (tertiary/aromatic N) is 4. The third kappa shape index (κ3) is 4.05. The van der Waals surface area contributed by atoms with Crippen molar-refractivity contribution in [2.75, 3.05) is 18.5 Å². The second kappa shape index (κ2) is 8.89. The topological polar surface area (TPSA) is 109 Å². The quantitative estimate of drug-likeness (QED) is 0.469. The SMILES string of the molecule is CCn1cc2c(n1)c(=O)n(Cc1ccccc1)c(=O)n2CC(=O)Nc1ccc2c(c1)OCCO2. The average molecular weight is 461 g/mol. The standard InChI is InChI=1S/C24H23N5O5/c1-2-27-14-18-22(26-27)23(31)29(13-16-6-4-3-5-7-16)24(32)28(18)15-21(30)25-17-8-9-19-20(12-17)34-11-10-33-19/h3-9,12,14H,2,10-11,13,15H2,1H3,(H,25,30). The molecule has 10 nitrogen and oxygen atoms in total. The lowest BCUT2D eigenvalue weighted by atomic mass is 10.2. The Labute approximate surface area is 194 Å². The number of rotatable bonds is 6. The van der Waals surface area contributed by atoms with Crippen LogP contribution in [-0.4, -0.2) is 38.0 Å². The van der Waals surface area contributed by atoms with E-state index < -0.39 is 17.2 Å². The first-order chi connectivity index (χ1) is 16.5. The molecule has 174 valence electrons. The lowest BCUT2D eigenvalue weighted by molar-refractivity contribution is -0.116. The number of carbonyl (C=O) groups is 1. The molecule has 0 atom stereocenters. The number of aryl methyl sites for hydroxylation is 1. The van der Waals surface area contributed by atoms with Crippen molar-refractivity contribution in [3.05, 3.63) is 81.1 Å². The van der Waals surface area contributed by atoms with Crippen LogP contribution in [0.15, 0.2) is 64.3 Å². The molecule has 2 aromatic heterocycles. The Balaban J connectivity index is 1.50. The Kier molecular flexibility index (Phi) is 5.62. The van der Waals surface area contributed by atoms with Crippen LogP contribution in [0, 0.1) is 0 Å². The Bertz CT molecular complexity index is 1490. The van der Waals surface area contributed by atoms with E-state index in [0.717, 1.165) is 10.1 Å². The largest absolute Gasteiger partial charge is 0.486 e. The molecule has 0 saturated heterocycles. The van der Waals surface area contributed by atoms with Gasteiger partial charge in [0.1, 0.15) is 19.8 Å². The summed E-state index contributed by atoms with van der Waals surface area (Å²) in [7, 11) is 0. The van der Waals surface area contributed by atoms with Gasteiger partial charge in [-0.2, -0.15) is 5.10 Å². The lowest BCUT2D eigenvalue weighted by Crippen LogP contribution is -2.41. The predicted octanol–water partition coefficient (Wildman–Crippen LogP) is 1.84. The molecule has 1 aliphatic rings. The molecule has 2 aromatic carbocycles. The number of hydrogen-bond donors (Lipinski definition) is 1. The summed E-state index contributed by atoms with van der Waals surface area (Å²) in [6.45, 7) is 3.10. The van der Waals surface area contributed by atoms with Crippen molar-refractivity contribution in [1.82, 2.24) is 18.9 Å². The third-order valence-electron chi connectivity index (χ3n) is 5.58. The van der Waals surface area contributed by atoms with Gasteiger partial charge in [0.25, 0.3) is 5.56 Å². The molecule has 1 N–H and O–H groups in total. The van der Waals surface area contributed by atoms with Crippen LogP contribution in [0.25, 0.3) is 11.0 Å². The van der Waals surface area contributed by atoms with E-state index in [9.17, 15) is 14.4 Å². The van der Waals surface area contributed by atoms with Crippen LogP contribution >= 0.6 is 0 Å². The van der Waals surface area contributed by atoms with Crippen LogP contribution in [0.4, 0.5) is 5.69 Å². The molecule has 0 radical (unpaired) electrons. The molecule has 1 aliphatic heterocycles. The number of hydrogen-bond acceptors (Lipinski definition) is 6. The first-order valence-electron chi connectivity index (χ1n) is 11.0. The van der Waals surface area contributed by atoms with E-state index in [1.54, 1.807) is 29.1 Å². The van der Waals surface area contributed by atoms with Gasteiger partial charge >= 0.3 is 5.69 Å². The van der Waals surface area contributed by atoms with E-state index >= 15 is 0 Å². The van der Waals surface area contributed by atoms with Gasteiger partial charge in [0.2, 0.25) is 5.91 Å². The maximum Gasteiger partial charge on any atom is 0.332 e. The summed E-state index contributed by atoms with van der Waals surface area (Å²) in [4.78, 5) is 39.4. The van der Waals surface area contributed by atoms with Gasteiger partial charge in [-0.25, -0.2) is 4.79 Å². The van der Waals surface area contributed by atoms with Crippen molar-refractivity contribution in [3.63, 3.8) is 0 Å². The molecule has 10 heteroatoms. The van der Waals surface area contributed by atoms with Crippen molar-refractivity contribution < 1.29 is 14.3 Å². The minimum absolute atomic E-state index is 0.0806. The Morgan fingerprint density at radius 2 is 1.79 bits per heavy atom. The third-order valence-corrected chi connectivity index (χ3v) is 5.58. The van der Waals surface area contributed by atoms with Crippen LogP contribution < -0.4 is 26.0 Å². The van der Waals surface area contributed by atoms with Crippen molar-refractivity contribution in [1.29, 1.82) is 0 Å². The second-order valence-electron chi connectivity index (χ2n) is 7.87. The molecule has 5 rings (SSSR count). The van der Waals surface area contributed by atoms with Crippen LogP contribution in [-0.2, 0) is 24.4 Å². The van der Waals surface area contributed by atoms with E-state index in [-0.39, 0.29) is 18.6 Å². The summed E-state index contributed by atoms with van der Waals surface area (Å²) in [5.74, 6) is 0.737. The smallest absolute Gasteiger partial charge is 0.332 e. The van der Waals surface area contributed by atoms with E-state index in [1.807, 2.05) is 37.3 Å². The number of benzene rings is 2. The predicted molar refractivity (Wildman–Crippen MR) is 126 cm³/mol. The summed E-state index contributed by atoms with van der Waals surface area (Å²) in [5, 5.41) is 7.12. The van der Waals surface area contributed by atoms with Crippen LogP contribution in [0.2, 0.25) is 0 Å². The zero-order chi connectivity index (χ0) is 23.7. The number of amides is 1. The van der Waals surface area contributed by atoms with E-state index in [2.05, 4.69) is 10.4 Å². The normalized spacial score (nSPS) is 12.6. The van der Waals surface area contributed by atoms with Gasteiger partial charge in [0.05, 0.1) is 12.1 Å². The molecular weight excluding hydrogens is 438 g/mol. The zero-order valence-electron chi connectivity index (χ0n) is 18.6. The van der Waals surface area contributed by atoms with Crippen molar-refractivity contribution in [2.45, 2.75) is 26.6 Å². The summed E-state index contributed by atoms with van der Waals surface area (Å²) < 4.78 is 15.0. The first kappa shape index (κ1) is 21.5. The van der Waals surface area contributed by atoms with E-state index in [1.165, 1.54) is 4.57 Å². The van der Waals surface area contributed by atoms with Gasteiger partial charge < -0.3 is 14.8 Å². The average Bonchev–Trinajstić information content (AvgIpc) is 3.30. The molecule has 4 aromatic rings. The van der Waals surface area contributed by atoms with Gasteiger partial charge in [0, 0.05) is 24.5 Å². The van der Waals surface area contributed by atoms with Gasteiger partial charge in [0.15, 0.2) is 17.0 Å². The summed E-state index contributed by atoms with van der Waals surface area (Å²) >= 11 is 0. The molecule has 0 saturated carbocycles. The maximum absolute atomic E-state index is 13.4. The Morgan fingerprint density at radius 3 is 2.56 bits per heavy atom. The molecule has 0 aliphatic carbocycles. The molecule has 1 amide bonds. The number of aromatic nitrogens is 4. The highest BCUT2D eigenvalue weighted by Gasteiger charge is 2.19. The second-order valence-corrected chi connectivity index (χ2v) is 7.87. The molecular formula is C24H23N5O5. The van der Waals surface area contributed by atoms with Crippen molar-refractivity contribution in [2.24, 2.45) is 0 Å². The van der Waals surface area contributed by atoms with Crippen LogP contribution in [0.1, 0.15) is 12.5 Å². The molecule has 34 heavy (non-hydrogen) atoms. The molecule has 0 spiro atoms.